The van der Waals surface area contributed by atoms with Crippen LogP contribution in [0.15, 0.2) is 24.3 Å². The zero-order valence-electron chi connectivity index (χ0n) is 8.86. The molecule has 0 radical (unpaired) electrons. The normalized spacial score (nSPS) is 24.6. The van der Waals surface area contributed by atoms with Crippen LogP contribution in [-0.4, -0.2) is 25.0 Å². The molecule has 1 aromatic rings. The molecule has 2 N–H and O–H groups in total. The van der Waals surface area contributed by atoms with E-state index in [9.17, 15) is 4.79 Å². The van der Waals surface area contributed by atoms with Crippen LogP contribution in [0.2, 0.25) is 5.02 Å². The average Bonchev–Trinajstić information content (AvgIpc) is 2.64. The maximum atomic E-state index is 11.9. The molecular weight excluding hydrogens is 226 g/mol. The van der Waals surface area contributed by atoms with Crippen LogP contribution in [0, 0.1) is 5.92 Å². The minimum Gasteiger partial charge on any atom is -0.379 e. The highest BCUT2D eigenvalue weighted by Crippen LogP contribution is 2.17. The predicted octanol–water partition coefficient (Wildman–Crippen LogP) is 1.43. The summed E-state index contributed by atoms with van der Waals surface area (Å²) in [6.45, 7) is 0.923. The van der Waals surface area contributed by atoms with Crippen molar-refractivity contribution in [2.24, 2.45) is 11.7 Å². The molecule has 86 valence electrons. The number of Topliss-reactive ketones (excluding diaryl/α,β-unsaturated/α-hetero) is 1. The van der Waals surface area contributed by atoms with E-state index in [-0.39, 0.29) is 17.7 Å². The molecule has 1 fully saturated rings. The van der Waals surface area contributed by atoms with Gasteiger partial charge in [0, 0.05) is 17.5 Å². The number of rotatable bonds is 3. The van der Waals surface area contributed by atoms with E-state index in [1.807, 2.05) is 12.1 Å². The molecule has 1 saturated heterocycles. The highest BCUT2D eigenvalue weighted by atomic mass is 35.5. The fourth-order valence-electron chi connectivity index (χ4n) is 1.88. The third kappa shape index (κ3) is 2.61. The third-order valence-electron chi connectivity index (χ3n) is 2.81. The lowest BCUT2D eigenvalue weighted by Crippen LogP contribution is -2.34. The molecule has 1 heterocycles. The summed E-state index contributed by atoms with van der Waals surface area (Å²) in [5.41, 5.74) is 6.72. The minimum atomic E-state index is -0.168. The Kier molecular flexibility index (Phi) is 3.59. The van der Waals surface area contributed by atoms with Crippen molar-refractivity contribution in [3.63, 3.8) is 0 Å². The Labute approximate surface area is 99.5 Å². The Morgan fingerprint density at radius 3 is 2.94 bits per heavy atom. The van der Waals surface area contributed by atoms with Gasteiger partial charge >= 0.3 is 0 Å². The van der Waals surface area contributed by atoms with Gasteiger partial charge in [0.1, 0.15) is 5.78 Å². The number of hydrogen-bond acceptors (Lipinski definition) is 3. The van der Waals surface area contributed by atoms with Crippen LogP contribution >= 0.6 is 11.6 Å². The monoisotopic (exact) mass is 239 g/mol. The van der Waals surface area contributed by atoms with E-state index in [2.05, 4.69) is 0 Å². The molecule has 0 spiro atoms. The number of carbonyl (C=O) groups excluding carboxylic acids is 1. The van der Waals surface area contributed by atoms with Crippen molar-refractivity contribution in [1.29, 1.82) is 0 Å². The number of ketones is 1. The van der Waals surface area contributed by atoms with Crippen molar-refractivity contribution in [3.05, 3.63) is 34.9 Å². The molecule has 0 bridgehead atoms. The van der Waals surface area contributed by atoms with Crippen LogP contribution in [0.3, 0.4) is 0 Å². The number of nitrogens with two attached hydrogens (primary N) is 1. The molecule has 16 heavy (non-hydrogen) atoms. The lowest BCUT2D eigenvalue weighted by Gasteiger charge is -2.11. The van der Waals surface area contributed by atoms with E-state index in [1.54, 1.807) is 12.1 Å². The van der Waals surface area contributed by atoms with E-state index in [4.69, 9.17) is 22.1 Å². The Hall–Kier alpha value is -0.900. The van der Waals surface area contributed by atoms with E-state index >= 15 is 0 Å². The van der Waals surface area contributed by atoms with Gasteiger partial charge in [-0.15, -0.1) is 0 Å². The predicted molar refractivity (Wildman–Crippen MR) is 62.4 cm³/mol. The zero-order valence-corrected chi connectivity index (χ0v) is 9.61. The smallest absolute Gasteiger partial charge is 0.144 e. The van der Waals surface area contributed by atoms with E-state index < -0.39 is 0 Å². The molecule has 0 aromatic heterocycles. The molecule has 3 nitrogen and oxygen atoms in total. The van der Waals surface area contributed by atoms with Gasteiger partial charge in [0.25, 0.3) is 0 Å². The summed E-state index contributed by atoms with van der Waals surface area (Å²) in [6.07, 6.45) is 0.377. The molecule has 0 amide bonds. The van der Waals surface area contributed by atoms with Crippen LogP contribution in [0.4, 0.5) is 0 Å². The van der Waals surface area contributed by atoms with E-state index in [0.29, 0.717) is 24.7 Å². The van der Waals surface area contributed by atoms with Gasteiger partial charge in [0.2, 0.25) is 0 Å². The maximum Gasteiger partial charge on any atom is 0.144 e. The van der Waals surface area contributed by atoms with Gasteiger partial charge in [-0.3, -0.25) is 4.79 Å². The van der Waals surface area contributed by atoms with Crippen LogP contribution in [0.1, 0.15) is 5.56 Å². The maximum absolute atomic E-state index is 11.9. The fraction of sp³-hybridized carbons (Fsp3) is 0.417. The van der Waals surface area contributed by atoms with Crippen LogP contribution in [0.5, 0.6) is 0 Å². The molecule has 0 saturated carbocycles. The van der Waals surface area contributed by atoms with Gasteiger partial charge in [-0.2, -0.15) is 0 Å². The number of benzene rings is 1. The number of ether oxygens (including phenoxy) is 1. The molecule has 2 atom stereocenters. The third-order valence-corrected chi connectivity index (χ3v) is 3.04. The molecule has 2 unspecified atom stereocenters. The highest BCUT2D eigenvalue weighted by molar-refractivity contribution is 6.30. The average molecular weight is 240 g/mol. The summed E-state index contributed by atoms with van der Waals surface area (Å²) in [5.74, 6) is -0.0359. The largest absolute Gasteiger partial charge is 0.379 e. The van der Waals surface area contributed by atoms with Crippen LogP contribution < -0.4 is 5.73 Å². The van der Waals surface area contributed by atoms with Gasteiger partial charge in [-0.1, -0.05) is 23.7 Å². The summed E-state index contributed by atoms with van der Waals surface area (Å²) >= 11 is 5.86. The lowest BCUT2D eigenvalue weighted by atomic mass is 9.94. The molecule has 1 aromatic carbocycles. The molecule has 1 aliphatic rings. The zero-order chi connectivity index (χ0) is 11.5. The second-order valence-electron chi connectivity index (χ2n) is 4.08. The van der Waals surface area contributed by atoms with Crippen LogP contribution in [0.25, 0.3) is 0 Å². The minimum absolute atomic E-state index is 0.132. The molecule has 4 heteroatoms. The topological polar surface area (TPSA) is 52.3 Å². The summed E-state index contributed by atoms with van der Waals surface area (Å²) in [6, 6.07) is 7.17. The van der Waals surface area contributed by atoms with Crippen molar-refractivity contribution in [2.45, 2.75) is 12.5 Å². The first-order valence-corrected chi connectivity index (χ1v) is 5.65. The van der Waals surface area contributed by atoms with Crippen molar-refractivity contribution in [2.75, 3.05) is 13.2 Å². The van der Waals surface area contributed by atoms with E-state index in [0.717, 1.165) is 5.56 Å². The molecule has 2 rings (SSSR count). The standard InChI is InChI=1S/C12H14ClNO2/c13-9-3-1-2-8(4-9)5-12(15)10-6-16-7-11(10)14/h1-4,10-11H,5-7,14H2. The van der Waals surface area contributed by atoms with Gasteiger partial charge in [0.15, 0.2) is 0 Å². The van der Waals surface area contributed by atoms with Gasteiger partial charge < -0.3 is 10.5 Å². The summed E-state index contributed by atoms with van der Waals surface area (Å²) in [4.78, 5) is 11.9. The Balaban J connectivity index is 2.02. The summed E-state index contributed by atoms with van der Waals surface area (Å²) in [5, 5.41) is 0.650. The van der Waals surface area contributed by atoms with E-state index in [1.165, 1.54) is 0 Å². The van der Waals surface area contributed by atoms with Gasteiger partial charge in [0.05, 0.1) is 19.1 Å². The second kappa shape index (κ2) is 4.95. The van der Waals surface area contributed by atoms with Gasteiger partial charge in [-0.05, 0) is 17.7 Å². The van der Waals surface area contributed by atoms with Crippen molar-refractivity contribution in [3.8, 4) is 0 Å². The number of carbonyl (C=O) groups is 1. The fourth-order valence-corrected chi connectivity index (χ4v) is 2.09. The first kappa shape index (κ1) is 11.6. The molecule has 1 aliphatic heterocycles. The number of hydrogen-bond donors (Lipinski definition) is 1. The molecular formula is C12H14ClNO2. The Bertz CT molecular complexity index is 394. The van der Waals surface area contributed by atoms with Crippen molar-refractivity contribution < 1.29 is 9.53 Å². The quantitative estimate of drug-likeness (QED) is 0.868. The van der Waals surface area contributed by atoms with Crippen LogP contribution in [-0.2, 0) is 16.0 Å². The summed E-state index contributed by atoms with van der Waals surface area (Å²) < 4.78 is 5.18. The van der Waals surface area contributed by atoms with Crippen molar-refractivity contribution >= 4 is 17.4 Å². The van der Waals surface area contributed by atoms with Crippen molar-refractivity contribution in [1.82, 2.24) is 0 Å². The SMILES string of the molecule is NC1COCC1C(=O)Cc1cccc(Cl)c1. The number of halogens is 1. The Morgan fingerprint density at radius 2 is 2.31 bits per heavy atom. The Morgan fingerprint density at radius 1 is 1.50 bits per heavy atom. The summed E-state index contributed by atoms with van der Waals surface area (Å²) in [7, 11) is 0. The van der Waals surface area contributed by atoms with Gasteiger partial charge in [-0.25, -0.2) is 0 Å². The first-order valence-electron chi connectivity index (χ1n) is 5.27. The molecule has 0 aliphatic carbocycles. The first-order chi connectivity index (χ1) is 7.66. The highest BCUT2D eigenvalue weighted by Gasteiger charge is 2.30. The lowest BCUT2D eigenvalue weighted by molar-refractivity contribution is -0.122. The second-order valence-corrected chi connectivity index (χ2v) is 4.52.